The first kappa shape index (κ1) is 18.7. The molecule has 27 heavy (non-hydrogen) atoms. The Morgan fingerprint density at radius 1 is 0.852 bits per heavy atom. The zero-order valence-corrected chi connectivity index (χ0v) is 15.6. The molecular weight excluding hydrogens is 358 g/mol. The highest BCUT2D eigenvalue weighted by atomic mass is 32.2. The minimum atomic E-state index is -0.488. The lowest BCUT2D eigenvalue weighted by molar-refractivity contribution is -0.115. The van der Waals surface area contributed by atoms with Crippen LogP contribution in [0.5, 0.6) is 0 Å². The number of thioether (sulfide) groups is 1. The number of anilines is 1. The van der Waals surface area contributed by atoms with Crippen LogP contribution in [0.3, 0.4) is 0 Å². The van der Waals surface area contributed by atoms with Gasteiger partial charge in [-0.1, -0.05) is 60.7 Å². The minimum absolute atomic E-state index is 0.202. The lowest BCUT2D eigenvalue weighted by atomic mass is 10.1. The first-order valence-corrected chi connectivity index (χ1v) is 9.32. The van der Waals surface area contributed by atoms with Gasteiger partial charge in [-0.25, -0.2) is 4.79 Å². The van der Waals surface area contributed by atoms with Crippen LogP contribution in [0.2, 0.25) is 0 Å². The monoisotopic (exact) mass is 377 g/mol. The molecule has 0 heterocycles. The number of rotatable bonds is 6. The van der Waals surface area contributed by atoms with E-state index < -0.39 is 11.2 Å². The molecule has 1 N–H and O–H groups in total. The maximum absolute atomic E-state index is 13.1. The zero-order valence-electron chi connectivity index (χ0n) is 14.8. The molecule has 0 aliphatic heterocycles. The van der Waals surface area contributed by atoms with Crippen LogP contribution in [0.1, 0.15) is 21.2 Å². The first-order valence-electron chi connectivity index (χ1n) is 8.44. The number of para-hydroxylation sites is 1. The molecule has 1 amide bonds. The van der Waals surface area contributed by atoms with Gasteiger partial charge < -0.3 is 10.1 Å². The second kappa shape index (κ2) is 9.05. The summed E-state index contributed by atoms with van der Waals surface area (Å²) < 4.78 is 4.80. The van der Waals surface area contributed by atoms with Crippen molar-refractivity contribution in [1.29, 1.82) is 0 Å². The predicted molar refractivity (Wildman–Crippen MR) is 108 cm³/mol. The van der Waals surface area contributed by atoms with Gasteiger partial charge in [0.25, 0.3) is 0 Å². The van der Waals surface area contributed by atoms with Crippen LogP contribution in [0, 0.1) is 0 Å². The molecule has 0 aliphatic rings. The number of ether oxygens (including phenoxy) is 1. The molecule has 3 rings (SSSR count). The summed E-state index contributed by atoms with van der Waals surface area (Å²) in [5.74, 6) is -0.690. The molecule has 1 atom stereocenters. The number of benzene rings is 3. The van der Waals surface area contributed by atoms with Crippen LogP contribution in [0.25, 0.3) is 0 Å². The molecule has 0 spiro atoms. The number of carbonyl (C=O) groups excluding carboxylic acids is 2. The minimum Gasteiger partial charge on any atom is -0.465 e. The number of esters is 1. The van der Waals surface area contributed by atoms with E-state index in [-0.39, 0.29) is 5.91 Å². The first-order chi connectivity index (χ1) is 13.2. The van der Waals surface area contributed by atoms with Crippen LogP contribution < -0.4 is 5.32 Å². The molecule has 3 aromatic rings. The number of hydrogen-bond acceptors (Lipinski definition) is 4. The Hall–Kier alpha value is -3.05. The predicted octanol–water partition coefficient (Wildman–Crippen LogP) is 4.95. The number of amides is 1. The molecule has 4 nitrogen and oxygen atoms in total. The van der Waals surface area contributed by atoms with Gasteiger partial charge in [0.15, 0.2) is 0 Å². The zero-order chi connectivity index (χ0) is 19.1. The van der Waals surface area contributed by atoms with E-state index >= 15 is 0 Å². The summed E-state index contributed by atoms with van der Waals surface area (Å²) >= 11 is 1.46. The van der Waals surface area contributed by atoms with Gasteiger partial charge in [-0.2, -0.15) is 0 Å². The van der Waals surface area contributed by atoms with Gasteiger partial charge in [0.05, 0.1) is 18.4 Å². The molecule has 0 radical (unpaired) electrons. The van der Waals surface area contributed by atoms with E-state index in [0.29, 0.717) is 11.3 Å². The topological polar surface area (TPSA) is 55.4 Å². The molecule has 0 saturated heterocycles. The van der Waals surface area contributed by atoms with Gasteiger partial charge in [0.1, 0.15) is 5.25 Å². The van der Waals surface area contributed by atoms with Gasteiger partial charge in [-0.3, -0.25) is 4.79 Å². The fourth-order valence-corrected chi connectivity index (χ4v) is 3.66. The molecule has 1 unspecified atom stereocenters. The van der Waals surface area contributed by atoms with E-state index in [1.54, 1.807) is 24.3 Å². The quantitative estimate of drug-likeness (QED) is 0.488. The molecule has 136 valence electrons. The Balaban J connectivity index is 1.89. The van der Waals surface area contributed by atoms with Crippen molar-refractivity contribution in [3.05, 3.63) is 96.1 Å². The van der Waals surface area contributed by atoms with Gasteiger partial charge in [0, 0.05) is 4.90 Å². The molecule has 0 fully saturated rings. The van der Waals surface area contributed by atoms with Gasteiger partial charge in [-0.05, 0) is 29.8 Å². The van der Waals surface area contributed by atoms with E-state index in [1.165, 1.54) is 18.9 Å². The summed E-state index contributed by atoms with van der Waals surface area (Å²) in [5.41, 5.74) is 1.65. The van der Waals surface area contributed by atoms with Crippen molar-refractivity contribution in [2.24, 2.45) is 0 Å². The van der Waals surface area contributed by atoms with Crippen LogP contribution in [0.15, 0.2) is 89.8 Å². The molecular formula is C22H19NO3S. The Morgan fingerprint density at radius 3 is 2.11 bits per heavy atom. The Labute approximate surface area is 162 Å². The lowest BCUT2D eigenvalue weighted by Crippen LogP contribution is -2.20. The number of hydrogen-bond donors (Lipinski definition) is 1. The second-order valence-corrected chi connectivity index (χ2v) is 6.93. The highest BCUT2D eigenvalue weighted by Crippen LogP contribution is 2.36. The highest BCUT2D eigenvalue weighted by Gasteiger charge is 2.23. The summed E-state index contributed by atoms with van der Waals surface area (Å²) in [5, 5.41) is 2.43. The SMILES string of the molecule is COC(=O)c1ccccc1NC(=O)C(Sc1ccccc1)c1ccccc1. The van der Waals surface area contributed by atoms with Crippen molar-refractivity contribution in [3.8, 4) is 0 Å². The second-order valence-electron chi connectivity index (χ2n) is 5.75. The van der Waals surface area contributed by atoms with E-state index in [4.69, 9.17) is 4.74 Å². The third kappa shape index (κ3) is 4.77. The standard InChI is InChI=1S/C22H19NO3S/c1-26-22(25)18-14-8-9-15-19(18)23-21(24)20(16-10-4-2-5-11-16)27-17-12-6-3-7-13-17/h2-15,20H,1H3,(H,23,24). The van der Waals surface area contributed by atoms with E-state index in [0.717, 1.165) is 10.5 Å². The average molecular weight is 377 g/mol. The van der Waals surface area contributed by atoms with Crippen molar-refractivity contribution in [2.75, 3.05) is 12.4 Å². The van der Waals surface area contributed by atoms with Crippen LogP contribution in [0.4, 0.5) is 5.69 Å². The van der Waals surface area contributed by atoms with Crippen LogP contribution in [-0.2, 0) is 9.53 Å². The van der Waals surface area contributed by atoms with E-state index in [2.05, 4.69) is 5.32 Å². The highest BCUT2D eigenvalue weighted by molar-refractivity contribution is 8.00. The Kier molecular flexibility index (Phi) is 6.28. The van der Waals surface area contributed by atoms with Gasteiger partial charge in [0.2, 0.25) is 5.91 Å². The fraction of sp³-hybridized carbons (Fsp3) is 0.0909. The van der Waals surface area contributed by atoms with E-state index in [9.17, 15) is 9.59 Å². The van der Waals surface area contributed by atoms with Gasteiger partial charge in [-0.15, -0.1) is 11.8 Å². The smallest absolute Gasteiger partial charge is 0.339 e. The van der Waals surface area contributed by atoms with Crippen molar-refractivity contribution in [2.45, 2.75) is 10.1 Å². The summed E-state index contributed by atoms with van der Waals surface area (Å²) in [6.07, 6.45) is 0. The summed E-state index contributed by atoms with van der Waals surface area (Å²) in [6.45, 7) is 0. The van der Waals surface area contributed by atoms with Crippen molar-refractivity contribution < 1.29 is 14.3 Å². The van der Waals surface area contributed by atoms with Crippen LogP contribution in [-0.4, -0.2) is 19.0 Å². The molecule has 0 aliphatic carbocycles. The van der Waals surface area contributed by atoms with Crippen molar-refractivity contribution >= 4 is 29.3 Å². The molecule has 0 bridgehead atoms. The maximum Gasteiger partial charge on any atom is 0.339 e. The normalized spacial score (nSPS) is 11.4. The van der Waals surface area contributed by atoms with Crippen molar-refractivity contribution in [1.82, 2.24) is 0 Å². The third-order valence-corrected chi connectivity index (χ3v) is 5.19. The average Bonchev–Trinajstić information content (AvgIpc) is 2.73. The summed E-state index contributed by atoms with van der Waals surface area (Å²) in [7, 11) is 1.32. The molecule has 0 saturated carbocycles. The number of nitrogens with one attached hydrogen (secondary N) is 1. The molecule has 5 heteroatoms. The number of carbonyl (C=O) groups is 2. The Bertz CT molecular complexity index is 913. The lowest BCUT2D eigenvalue weighted by Gasteiger charge is -2.18. The third-order valence-electron chi connectivity index (χ3n) is 3.93. The largest absolute Gasteiger partial charge is 0.465 e. The Morgan fingerprint density at radius 2 is 1.44 bits per heavy atom. The summed E-state index contributed by atoms with van der Waals surface area (Å²) in [4.78, 5) is 26.1. The van der Waals surface area contributed by atoms with Gasteiger partial charge >= 0.3 is 5.97 Å². The van der Waals surface area contributed by atoms with E-state index in [1.807, 2.05) is 60.7 Å². The molecule has 0 aromatic heterocycles. The number of methoxy groups -OCH3 is 1. The van der Waals surface area contributed by atoms with Crippen LogP contribution >= 0.6 is 11.8 Å². The fourth-order valence-electron chi connectivity index (χ4n) is 2.61. The summed E-state index contributed by atoms with van der Waals surface area (Å²) in [6, 6.07) is 26.1. The van der Waals surface area contributed by atoms with Crippen molar-refractivity contribution in [3.63, 3.8) is 0 Å². The maximum atomic E-state index is 13.1. The molecule has 3 aromatic carbocycles.